The lowest BCUT2D eigenvalue weighted by atomic mass is 9.78. The summed E-state index contributed by atoms with van der Waals surface area (Å²) in [4.78, 5) is 24.5. The fourth-order valence-corrected chi connectivity index (χ4v) is 3.98. The number of esters is 1. The molecule has 0 saturated heterocycles. The molecule has 5 nitrogen and oxygen atoms in total. The molecule has 1 saturated carbocycles. The van der Waals surface area contributed by atoms with Gasteiger partial charge in [0.25, 0.3) is 5.91 Å². The zero-order chi connectivity index (χ0) is 18.8. The van der Waals surface area contributed by atoms with Crippen molar-refractivity contribution in [3.63, 3.8) is 0 Å². The molecule has 0 bridgehead atoms. The van der Waals surface area contributed by atoms with Crippen LogP contribution in [0.15, 0.2) is 27.1 Å². The Bertz CT molecular complexity index is 829. The second-order valence-electron chi connectivity index (χ2n) is 7.21. The topological polar surface area (TPSA) is 68.5 Å². The number of rotatable bonds is 4. The predicted octanol–water partition coefficient (Wildman–Crippen LogP) is 4.60. The summed E-state index contributed by atoms with van der Waals surface area (Å²) >= 11 is 3.41. The molecule has 3 atom stereocenters. The molecule has 1 heterocycles. The Labute approximate surface area is 161 Å². The Morgan fingerprint density at radius 1 is 1.31 bits per heavy atom. The highest BCUT2D eigenvalue weighted by Gasteiger charge is 2.28. The molecule has 140 valence electrons. The summed E-state index contributed by atoms with van der Waals surface area (Å²) in [5.74, 6) is 0.287. The van der Waals surface area contributed by atoms with E-state index in [2.05, 4.69) is 35.1 Å². The molecule has 2 aromatic rings. The van der Waals surface area contributed by atoms with E-state index in [0.717, 1.165) is 22.7 Å². The lowest BCUT2D eigenvalue weighted by molar-refractivity contribution is -0.125. The maximum Gasteiger partial charge on any atom is 0.375 e. The number of amides is 1. The lowest BCUT2D eigenvalue weighted by Gasteiger charge is -2.34. The third-order valence-electron chi connectivity index (χ3n) is 5.47. The molecule has 1 aliphatic rings. The zero-order valence-electron chi connectivity index (χ0n) is 15.3. The van der Waals surface area contributed by atoms with E-state index in [4.69, 9.17) is 9.15 Å². The van der Waals surface area contributed by atoms with Crippen LogP contribution < -0.4 is 5.32 Å². The van der Waals surface area contributed by atoms with Gasteiger partial charge in [-0.25, -0.2) is 4.79 Å². The molecule has 0 radical (unpaired) electrons. The highest BCUT2D eigenvalue weighted by atomic mass is 79.9. The van der Waals surface area contributed by atoms with Gasteiger partial charge in [0.1, 0.15) is 5.58 Å². The van der Waals surface area contributed by atoms with Crippen LogP contribution in [0.1, 0.15) is 49.2 Å². The van der Waals surface area contributed by atoms with Gasteiger partial charge >= 0.3 is 5.97 Å². The number of halogens is 1. The standard InChI is InChI=1S/C20H24BrNO4/c1-11-5-4-6-16(12(11)2)22-18(23)10-25-20(24)19-13(3)15-9-14(21)7-8-17(15)26-19/h7-9,11-12,16H,4-6,10H2,1-3H3,(H,22,23). The van der Waals surface area contributed by atoms with Crippen molar-refractivity contribution in [1.82, 2.24) is 5.32 Å². The summed E-state index contributed by atoms with van der Waals surface area (Å²) in [6.45, 7) is 5.89. The van der Waals surface area contributed by atoms with Crippen molar-refractivity contribution in [3.8, 4) is 0 Å². The quantitative estimate of drug-likeness (QED) is 0.732. The number of ether oxygens (including phenoxy) is 1. The number of fused-ring (bicyclic) bond motifs is 1. The van der Waals surface area contributed by atoms with Crippen molar-refractivity contribution < 1.29 is 18.7 Å². The van der Waals surface area contributed by atoms with Crippen molar-refractivity contribution in [2.24, 2.45) is 11.8 Å². The summed E-state index contributed by atoms with van der Waals surface area (Å²) in [6.07, 6.45) is 3.29. The van der Waals surface area contributed by atoms with E-state index in [-0.39, 0.29) is 24.3 Å². The van der Waals surface area contributed by atoms with Crippen molar-refractivity contribution in [2.45, 2.75) is 46.1 Å². The molecule has 0 aliphatic heterocycles. The monoisotopic (exact) mass is 421 g/mol. The van der Waals surface area contributed by atoms with Gasteiger partial charge in [-0.15, -0.1) is 0 Å². The van der Waals surface area contributed by atoms with E-state index in [1.54, 1.807) is 13.0 Å². The molecule has 1 aliphatic carbocycles. The summed E-state index contributed by atoms with van der Waals surface area (Å²) in [5, 5.41) is 3.85. The minimum absolute atomic E-state index is 0.144. The van der Waals surface area contributed by atoms with Crippen molar-refractivity contribution >= 4 is 38.8 Å². The first-order valence-electron chi connectivity index (χ1n) is 9.02. The molecule has 1 fully saturated rings. The number of hydrogen-bond donors (Lipinski definition) is 1. The number of furan rings is 1. The number of hydrogen-bond acceptors (Lipinski definition) is 4. The summed E-state index contributed by atoms with van der Waals surface area (Å²) in [6, 6.07) is 5.68. The normalized spacial score (nSPS) is 23.0. The molecule has 1 N–H and O–H groups in total. The third kappa shape index (κ3) is 3.95. The van der Waals surface area contributed by atoms with Crippen LogP contribution in [0, 0.1) is 18.8 Å². The van der Waals surface area contributed by atoms with Gasteiger partial charge in [-0.05, 0) is 43.4 Å². The van der Waals surface area contributed by atoms with Crippen LogP contribution in [0.3, 0.4) is 0 Å². The van der Waals surface area contributed by atoms with E-state index >= 15 is 0 Å². The largest absolute Gasteiger partial charge is 0.450 e. The van der Waals surface area contributed by atoms with Crippen molar-refractivity contribution in [3.05, 3.63) is 34.0 Å². The number of aryl methyl sites for hydroxylation is 1. The average molecular weight is 422 g/mol. The van der Waals surface area contributed by atoms with E-state index in [1.165, 1.54) is 6.42 Å². The molecule has 0 spiro atoms. The molecule has 1 amide bonds. The number of carbonyl (C=O) groups is 2. The molecule has 3 rings (SSSR count). The molecule has 6 heteroatoms. The number of carbonyl (C=O) groups excluding carboxylic acids is 2. The van der Waals surface area contributed by atoms with Gasteiger partial charge in [0.2, 0.25) is 5.76 Å². The van der Waals surface area contributed by atoms with Crippen LogP contribution in [0.2, 0.25) is 0 Å². The highest BCUT2D eigenvalue weighted by Crippen LogP contribution is 2.30. The van der Waals surface area contributed by atoms with Crippen molar-refractivity contribution in [1.29, 1.82) is 0 Å². The number of benzene rings is 1. The highest BCUT2D eigenvalue weighted by molar-refractivity contribution is 9.10. The second kappa shape index (κ2) is 7.82. The van der Waals surface area contributed by atoms with Gasteiger partial charge in [0, 0.05) is 21.5 Å². The minimum atomic E-state index is -0.616. The average Bonchev–Trinajstić information content (AvgIpc) is 2.93. The summed E-state index contributed by atoms with van der Waals surface area (Å²) < 4.78 is 11.7. The van der Waals surface area contributed by atoms with Gasteiger partial charge in [-0.3, -0.25) is 4.79 Å². The van der Waals surface area contributed by atoms with Crippen LogP contribution in [-0.2, 0) is 9.53 Å². The van der Waals surface area contributed by atoms with Gasteiger partial charge in [0.05, 0.1) is 0 Å². The van der Waals surface area contributed by atoms with Crippen LogP contribution in [0.5, 0.6) is 0 Å². The smallest absolute Gasteiger partial charge is 0.375 e. The first kappa shape index (κ1) is 19.0. The van der Waals surface area contributed by atoms with Crippen LogP contribution >= 0.6 is 15.9 Å². The van der Waals surface area contributed by atoms with Crippen molar-refractivity contribution in [2.75, 3.05) is 6.61 Å². The first-order chi connectivity index (χ1) is 12.4. The zero-order valence-corrected chi connectivity index (χ0v) is 16.9. The van der Waals surface area contributed by atoms with Gasteiger partial charge < -0.3 is 14.5 Å². The van der Waals surface area contributed by atoms with E-state index < -0.39 is 5.97 Å². The third-order valence-corrected chi connectivity index (χ3v) is 5.96. The fraction of sp³-hybridized carbons (Fsp3) is 0.500. The Morgan fingerprint density at radius 2 is 2.08 bits per heavy atom. The first-order valence-corrected chi connectivity index (χ1v) is 9.81. The molecular weight excluding hydrogens is 398 g/mol. The Morgan fingerprint density at radius 3 is 2.85 bits per heavy atom. The second-order valence-corrected chi connectivity index (χ2v) is 8.13. The Hall–Kier alpha value is -1.82. The molecular formula is C20H24BrNO4. The van der Waals surface area contributed by atoms with Gasteiger partial charge in [-0.1, -0.05) is 42.6 Å². The Kier molecular flexibility index (Phi) is 5.70. The predicted molar refractivity (Wildman–Crippen MR) is 103 cm³/mol. The maximum atomic E-state index is 12.3. The molecule has 3 unspecified atom stereocenters. The SMILES string of the molecule is Cc1c(C(=O)OCC(=O)NC2CCCC(C)C2C)oc2ccc(Br)cc12. The number of nitrogens with one attached hydrogen (secondary N) is 1. The van der Waals surface area contributed by atoms with Crippen LogP contribution in [0.4, 0.5) is 0 Å². The fourth-order valence-electron chi connectivity index (χ4n) is 3.62. The van der Waals surface area contributed by atoms with E-state index in [9.17, 15) is 9.59 Å². The minimum Gasteiger partial charge on any atom is -0.450 e. The van der Waals surface area contributed by atoms with E-state index in [0.29, 0.717) is 23.0 Å². The van der Waals surface area contributed by atoms with Crippen LogP contribution in [0.25, 0.3) is 11.0 Å². The van der Waals surface area contributed by atoms with E-state index in [1.807, 2.05) is 12.1 Å². The molecule has 1 aromatic carbocycles. The molecule has 26 heavy (non-hydrogen) atoms. The Balaban J connectivity index is 1.60. The van der Waals surface area contributed by atoms with Crippen LogP contribution in [-0.4, -0.2) is 24.5 Å². The summed E-state index contributed by atoms with van der Waals surface area (Å²) in [7, 11) is 0. The maximum absolute atomic E-state index is 12.3. The van der Waals surface area contributed by atoms with Gasteiger partial charge in [0.15, 0.2) is 6.61 Å². The lowest BCUT2D eigenvalue weighted by Crippen LogP contribution is -2.45. The summed E-state index contributed by atoms with van der Waals surface area (Å²) in [5.41, 5.74) is 1.33. The molecule has 1 aromatic heterocycles. The van der Waals surface area contributed by atoms with Gasteiger partial charge in [-0.2, -0.15) is 0 Å².